The number of benzene rings is 2. The van der Waals surface area contributed by atoms with Crippen molar-refractivity contribution in [1.29, 1.82) is 0 Å². The van der Waals surface area contributed by atoms with Gasteiger partial charge in [-0.2, -0.15) is 0 Å². The van der Waals surface area contributed by atoms with Crippen molar-refractivity contribution in [3.8, 4) is 0 Å². The Labute approximate surface area is 193 Å². The minimum atomic E-state index is -0.181. The molecule has 1 aromatic heterocycles. The van der Waals surface area contributed by atoms with Crippen LogP contribution in [0.5, 0.6) is 0 Å². The number of nitrogens with one attached hydrogen (secondary N) is 2. The van der Waals surface area contributed by atoms with E-state index in [1.807, 2.05) is 54.0 Å². The summed E-state index contributed by atoms with van der Waals surface area (Å²) in [5.41, 5.74) is 2.32. The molecule has 3 rings (SSSR count). The highest BCUT2D eigenvalue weighted by Crippen LogP contribution is 2.19. The molecule has 2 N–H and O–H groups in total. The van der Waals surface area contributed by atoms with Gasteiger partial charge in [0, 0.05) is 22.3 Å². The molecular weight excluding hydrogens is 478 g/mol. The van der Waals surface area contributed by atoms with Crippen molar-refractivity contribution in [1.82, 2.24) is 20.1 Å². The van der Waals surface area contributed by atoms with Crippen LogP contribution in [0.15, 0.2) is 70.8 Å². The van der Waals surface area contributed by atoms with E-state index in [0.717, 1.165) is 10.0 Å². The van der Waals surface area contributed by atoms with Gasteiger partial charge in [-0.3, -0.25) is 9.59 Å². The smallest absolute Gasteiger partial charge is 0.251 e. The van der Waals surface area contributed by atoms with Crippen LogP contribution >= 0.6 is 27.7 Å². The first-order chi connectivity index (χ1) is 15.0. The van der Waals surface area contributed by atoms with Gasteiger partial charge in [0.15, 0.2) is 11.0 Å². The predicted octanol–water partition coefficient (Wildman–Crippen LogP) is 4.20. The maximum Gasteiger partial charge on any atom is 0.251 e. The molecule has 160 valence electrons. The first-order valence-corrected chi connectivity index (χ1v) is 11.3. The van der Waals surface area contributed by atoms with Crippen molar-refractivity contribution in [2.75, 3.05) is 11.1 Å². The number of carbonyl (C=O) groups excluding carboxylic acids is 2. The minimum Gasteiger partial charge on any atom is -0.345 e. The average molecular weight is 500 g/mol. The normalized spacial score (nSPS) is 10.5. The van der Waals surface area contributed by atoms with Crippen LogP contribution in [-0.4, -0.2) is 32.3 Å². The van der Waals surface area contributed by atoms with Crippen molar-refractivity contribution in [2.24, 2.45) is 0 Å². The molecule has 0 spiro atoms. The van der Waals surface area contributed by atoms with Gasteiger partial charge in [-0.05, 0) is 37.3 Å². The zero-order valence-electron chi connectivity index (χ0n) is 17.0. The number of halogens is 1. The lowest BCUT2D eigenvalue weighted by atomic mass is 10.1. The first-order valence-electron chi connectivity index (χ1n) is 9.52. The lowest BCUT2D eigenvalue weighted by Gasteiger charge is -2.09. The van der Waals surface area contributed by atoms with E-state index in [9.17, 15) is 9.59 Å². The van der Waals surface area contributed by atoms with Crippen LogP contribution in [0.2, 0.25) is 0 Å². The topological polar surface area (TPSA) is 88.9 Å². The highest BCUT2D eigenvalue weighted by atomic mass is 79.9. The molecule has 0 aliphatic rings. The number of nitrogens with zero attached hydrogens (tertiary/aromatic N) is 3. The standard InChI is InChI=1S/C22H22BrN5O2S/c1-3-10-28-19(13-24-21(30)16-7-4-6-15(2)11-16)26-27-22(28)31-14-20(29)25-18-9-5-8-17(23)12-18/h3-9,11-12H,1,10,13-14H2,2H3,(H,24,30)(H,25,29). The van der Waals surface area contributed by atoms with E-state index in [0.29, 0.717) is 28.8 Å². The molecule has 0 saturated heterocycles. The molecule has 1 heterocycles. The van der Waals surface area contributed by atoms with E-state index in [2.05, 4.69) is 43.3 Å². The molecule has 2 amide bonds. The summed E-state index contributed by atoms with van der Waals surface area (Å²) in [7, 11) is 0. The molecule has 2 aromatic carbocycles. The summed E-state index contributed by atoms with van der Waals surface area (Å²) in [5, 5.41) is 14.7. The monoisotopic (exact) mass is 499 g/mol. The Bertz CT molecular complexity index is 1100. The quantitative estimate of drug-likeness (QED) is 0.340. The van der Waals surface area contributed by atoms with E-state index in [1.54, 1.807) is 12.1 Å². The lowest BCUT2D eigenvalue weighted by Crippen LogP contribution is -2.25. The average Bonchev–Trinajstić information content (AvgIpc) is 3.12. The van der Waals surface area contributed by atoms with Crippen LogP contribution in [0.1, 0.15) is 21.7 Å². The molecule has 0 atom stereocenters. The Morgan fingerprint density at radius 1 is 1.19 bits per heavy atom. The van der Waals surface area contributed by atoms with E-state index in [1.165, 1.54) is 11.8 Å². The lowest BCUT2D eigenvalue weighted by molar-refractivity contribution is -0.113. The number of anilines is 1. The van der Waals surface area contributed by atoms with Gasteiger partial charge in [0.2, 0.25) is 5.91 Å². The SMILES string of the molecule is C=CCn1c(CNC(=O)c2cccc(C)c2)nnc1SCC(=O)Nc1cccc(Br)c1. The zero-order chi connectivity index (χ0) is 22.2. The van der Waals surface area contributed by atoms with Gasteiger partial charge in [-0.1, -0.05) is 57.5 Å². The summed E-state index contributed by atoms with van der Waals surface area (Å²) in [4.78, 5) is 24.7. The highest BCUT2D eigenvalue weighted by Gasteiger charge is 2.15. The minimum absolute atomic E-state index is 0.148. The molecular formula is C22H22BrN5O2S. The zero-order valence-corrected chi connectivity index (χ0v) is 19.4. The van der Waals surface area contributed by atoms with Crippen molar-refractivity contribution in [3.63, 3.8) is 0 Å². The molecule has 0 unspecified atom stereocenters. The molecule has 9 heteroatoms. The maximum absolute atomic E-state index is 12.4. The molecule has 0 aliphatic heterocycles. The number of amides is 2. The van der Waals surface area contributed by atoms with Gasteiger partial charge in [0.05, 0.1) is 12.3 Å². The van der Waals surface area contributed by atoms with E-state index >= 15 is 0 Å². The van der Waals surface area contributed by atoms with Crippen LogP contribution in [0, 0.1) is 6.92 Å². The summed E-state index contributed by atoms with van der Waals surface area (Å²) in [6.45, 7) is 6.40. The number of rotatable bonds is 9. The van der Waals surface area contributed by atoms with Gasteiger partial charge in [-0.15, -0.1) is 16.8 Å². The van der Waals surface area contributed by atoms with Gasteiger partial charge >= 0.3 is 0 Å². The fourth-order valence-electron chi connectivity index (χ4n) is 2.81. The second-order valence-electron chi connectivity index (χ2n) is 6.70. The Morgan fingerprint density at radius 3 is 2.74 bits per heavy atom. The summed E-state index contributed by atoms with van der Waals surface area (Å²) in [6.07, 6.45) is 1.72. The Kier molecular flexibility index (Phi) is 8.02. The Morgan fingerprint density at radius 2 is 2.00 bits per heavy atom. The largest absolute Gasteiger partial charge is 0.345 e. The van der Waals surface area contributed by atoms with Crippen molar-refractivity contribution in [2.45, 2.75) is 25.2 Å². The number of aryl methyl sites for hydroxylation is 1. The molecule has 3 aromatic rings. The molecule has 7 nitrogen and oxygen atoms in total. The van der Waals surface area contributed by atoms with Crippen LogP contribution < -0.4 is 10.6 Å². The van der Waals surface area contributed by atoms with Crippen molar-refractivity contribution in [3.05, 3.63) is 82.6 Å². The molecule has 0 aliphatic carbocycles. The van der Waals surface area contributed by atoms with Gasteiger partial charge in [-0.25, -0.2) is 0 Å². The van der Waals surface area contributed by atoms with E-state index in [4.69, 9.17) is 0 Å². The molecule has 0 bridgehead atoms. The Balaban J connectivity index is 1.61. The number of hydrogen-bond acceptors (Lipinski definition) is 5. The van der Waals surface area contributed by atoms with Crippen LogP contribution in [-0.2, 0) is 17.9 Å². The molecule has 0 radical (unpaired) electrons. The van der Waals surface area contributed by atoms with Crippen LogP contribution in [0.3, 0.4) is 0 Å². The van der Waals surface area contributed by atoms with Crippen LogP contribution in [0.4, 0.5) is 5.69 Å². The Hall–Kier alpha value is -2.91. The number of thioether (sulfide) groups is 1. The number of hydrogen-bond donors (Lipinski definition) is 2. The predicted molar refractivity (Wildman–Crippen MR) is 126 cm³/mol. The van der Waals surface area contributed by atoms with Crippen molar-refractivity contribution < 1.29 is 9.59 Å². The molecule has 31 heavy (non-hydrogen) atoms. The first kappa shape index (κ1) is 22.8. The fraction of sp³-hybridized carbons (Fsp3) is 0.182. The van der Waals surface area contributed by atoms with Gasteiger partial charge in [0.1, 0.15) is 0 Å². The highest BCUT2D eigenvalue weighted by molar-refractivity contribution is 9.10. The fourth-order valence-corrected chi connectivity index (χ4v) is 3.98. The molecule has 0 saturated carbocycles. The van der Waals surface area contributed by atoms with Crippen molar-refractivity contribution >= 4 is 45.2 Å². The summed E-state index contributed by atoms with van der Waals surface area (Å²) >= 11 is 4.66. The van der Waals surface area contributed by atoms with E-state index in [-0.39, 0.29) is 24.1 Å². The summed E-state index contributed by atoms with van der Waals surface area (Å²) in [5.74, 6) is 0.443. The van der Waals surface area contributed by atoms with E-state index < -0.39 is 0 Å². The van der Waals surface area contributed by atoms with Gasteiger partial charge < -0.3 is 15.2 Å². The summed E-state index contributed by atoms with van der Waals surface area (Å²) in [6, 6.07) is 14.8. The number of carbonyl (C=O) groups is 2. The maximum atomic E-state index is 12.4. The second kappa shape index (κ2) is 10.9. The molecule has 0 fully saturated rings. The number of allylic oxidation sites excluding steroid dienone is 1. The second-order valence-corrected chi connectivity index (χ2v) is 8.56. The van der Waals surface area contributed by atoms with Gasteiger partial charge in [0.25, 0.3) is 5.91 Å². The summed E-state index contributed by atoms with van der Waals surface area (Å²) < 4.78 is 2.72. The third-order valence-electron chi connectivity index (χ3n) is 4.23. The van der Waals surface area contributed by atoms with Crippen LogP contribution in [0.25, 0.3) is 0 Å². The number of aromatic nitrogens is 3. The third-order valence-corrected chi connectivity index (χ3v) is 5.69. The third kappa shape index (κ3) is 6.53.